The summed E-state index contributed by atoms with van der Waals surface area (Å²) in [6, 6.07) is 3.06. The second kappa shape index (κ2) is 5.54. The van der Waals surface area contributed by atoms with Crippen LogP contribution in [0.15, 0.2) is 18.2 Å². The van der Waals surface area contributed by atoms with Crippen molar-refractivity contribution in [3.05, 3.63) is 34.1 Å². The van der Waals surface area contributed by atoms with Gasteiger partial charge in [0, 0.05) is 12.6 Å². The van der Waals surface area contributed by atoms with Gasteiger partial charge in [-0.2, -0.15) is 0 Å². The molecule has 0 aliphatic carbocycles. The van der Waals surface area contributed by atoms with Crippen molar-refractivity contribution >= 4 is 17.3 Å². The summed E-state index contributed by atoms with van der Waals surface area (Å²) in [5.41, 5.74) is -0.794. The van der Waals surface area contributed by atoms with Crippen molar-refractivity contribution in [3.63, 3.8) is 0 Å². The van der Waals surface area contributed by atoms with E-state index in [2.05, 4.69) is 10.6 Å². The third-order valence-corrected chi connectivity index (χ3v) is 3.75. The molecule has 1 aromatic rings. The number of nitro groups is 1. The number of anilines is 1. The number of amides is 1. The number of nitro benzene ring substituents is 1. The molecular weight excluding hydrogens is 265 g/mol. The van der Waals surface area contributed by atoms with Crippen molar-refractivity contribution in [1.82, 2.24) is 5.32 Å². The number of hydrogen-bond donors (Lipinski definition) is 2. The van der Waals surface area contributed by atoms with Gasteiger partial charge in [0.2, 0.25) is 5.91 Å². The van der Waals surface area contributed by atoms with Gasteiger partial charge in [-0.1, -0.05) is 6.92 Å². The van der Waals surface area contributed by atoms with Crippen LogP contribution in [0.3, 0.4) is 0 Å². The molecule has 1 heterocycles. The predicted octanol–water partition coefficient (Wildman–Crippen LogP) is 2.06. The number of nitrogens with one attached hydrogen (secondary N) is 2. The fourth-order valence-electron chi connectivity index (χ4n) is 2.42. The quantitative estimate of drug-likeness (QED) is 0.653. The predicted molar refractivity (Wildman–Crippen MR) is 71.9 cm³/mol. The van der Waals surface area contributed by atoms with Crippen LogP contribution in [-0.4, -0.2) is 23.9 Å². The zero-order valence-electron chi connectivity index (χ0n) is 11.1. The number of rotatable bonds is 4. The van der Waals surface area contributed by atoms with Crippen molar-refractivity contribution in [3.8, 4) is 0 Å². The molecule has 0 aromatic heterocycles. The lowest BCUT2D eigenvalue weighted by molar-refractivity contribution is -0.385. The molecule has 2 rings (SSSR count). The van der Waals surface area contributed by atoms with Crippen molar-refractivity contribution in [2.75, 3.05) is 18.4 Å². The second-order valence-corrected chi connectivity index (χ2v) is 4.97. The van der Waals surface area contributed by atoms with E-state index in [1.807, 2.05) is 6.92 Å². The first-order valence-corrected chi connectivity index (χ1v) is 6.44. The minimum Gasteiger partial charge on any atom is -0.325 e. The molecule has 1 atom stereocenters. The van der Waals surface area contributed by atoms with Crippen LogP contribution in [0, 0.1) is 21.3 Å². The molecule has 1 saturated heterocycles. The maximum absolute atomic E-state index is 13.3. The Balaban J connectivity index is 2.21. The molecule has 7 heteroatoms. The first kappa shape index (κ1) is 14.4. The first-order valence-electron chi connectivity index (χ1n) is 6.44. The van der Waals surface area contributed by atoms with Crippen LogP contribution in [0.5, 0.6) is 0 Å². The topological polar surface area (TPSA) is 84.3 Å². The van der Waals surface area contributed by atoms with Crippen LogP contribution in [-0.2, 0) is 4.79 Å². The Labute approximate surface area is 115 Å². The maximum atomic E-state index is 13.3. The van der Waals surface area contributed by atoms with E-state index in [0.29, 0.717) is 19.4 Å². The fourth-order valence-corrected chi connectivity index (χ4v) is 2.42. The summed E-state index contributed by atoms with van der Waals surface area (Å²) in [5, 5.41) is 16.4. The second-order valence-electron chi connectivity index (χ2n) is 4.97. The lowest BCUT2D eigenvalue weighted by Crippen LogP contribution is -2.37. The van der Waals surface area contributed by atoms with E-state index in [4.69, 9.17) is 0 Å². The average molecular weight is 281 g/mol. The fraction of sp³-hybridized carbons (Fsp3) is 0.462. The van der Waals surface area contributed by atoms with Crippen LogP contribution in [0.25, 0.3) is 0 Å². The molecule has 1 unspecified atom stereocenters. The molecule has 1 aliphatic heterocycles. The molecule has 0 bridgehead atoms. The summed E-state index contributed by atoms with van der Waals surface area (Å²) in [6.07, 6.45) is 1.36. The number of hydrogen-bond acceptors (Lipinski definition) is 4. The highest BCUT2D eigenvalue weighted by Gasteiger charge is 2.39. The van der Waals surface area contributed by atoms with Crippen molar-refractivity contribution in [1.29, 1.82) is 0 Å². The normalized spacial score (nSPS) is 21.7. The summed E-state index contributed by atoms with van der Waals surface area (Å²) in [5.74, 6) is -0.977. The van der Waals surface area contributed by atoms with Gasteiger partial charge in [0.05, 0.1) is 22.1 Å². The zero-order chi connectivity index (χ0) is 14.8. The molecule has 20 heavy (non-hydrogen) atoms. The van der Waals surface area contributed by atoms with Gasteiger partial charge in [0.1, 0.15) is 5.82 Å². The minimum atomic E-state index is -0.746. The van der Waals surface area contributed by atoms with Gasteiger partial charge in [-0.05, 0) is 25.5 Å². The van der Waals surface area contributed by atoms with E-state index in [1.54, 1.807) is 0 Å². The standard InChI is InChI=1S/C13H16FN3O3/c1-2-13(3-4-15-8-13)12(18)16-10-5-9(14)6-11(7-10)17(19)20/h5-7,15H,2-4,8H2,1H3,(H,16,18). The molecule has 1 aliphatic rings. The van der Waals surface area contributed by atoms with Crippen LogP contribution in [0.1, 0.15) is 19.8 Å². The average Bonchev–Trinajstić information content (AvgIpc) is 2.88. The van der Waals surface area contributed by atoms with E-state index in [0.717, 1.165) is 24.7 Å². The number of carbonyl (C=O) groups excluding carboxylic acids is 1. The summed E-state index contributed by atoms with van der Waals surface area (Å²) >= 11 is 0. The monoisotopic (exact) mass is 281 g/mol. The maximum Gasteiger partial charge on any atom is 0.274 e. The van der Waals surface area contributed by atoms with Crippen LogP contribution in [0.2, 0.25) is 0 Å². The smallest absolute Gasteiger partial charge is 0.274 e. The summed E-state index contributed by atoms with van der Waals surface area (Å²) < 4.78 is 13.3. The van der Waals surface area contributed by atoms with Gasteiger partial charge in [-0.15, -0.1) is 0 Å². The molecule has 2 N–H and O–H groups in total. The third-order valence-electron chi connectivity index (χ3n) is 3.75. The number of nitrogens with zero attached hydrogens (tertiary/aromatic N) is 1. The van der Waals surface area contributed by atoms with Crippen LogP contribution in [0.4, 0.5) is 15.8 Å². The Morgan fingerprint density at radius 2 is 2.30 bits per heavy atom. The summed E-state index contributed by atoms with van der Waals surface area (Å²) in [4.78, 5) is 22.3. The minimum absolute atomic E-state index is 0.112. The van der Waals surface area contributed by atoms with Crippen LogP contribution < -0.4 is 10.6 Å². The molecule has 6 nitrogen and oxygen atoms in total. The lowest BCUT2D eigenvalue weighted by Gasteiger charge is -2.25. The van der Waals surface area contributed by atoms with Gasteiger partial charge >= 0.3 is 0 Å². The molecule has 0 saturated carbocycles. The SMILES string of the molecule is CCC1(C(=O)Nc2cc(F)cc([N+](=O)[O-])c2)CCNC1. The van der Waals surface area contributed by atoms with E-state index < -0.39 is 16.2 Å². The summed E-state index contributed by atoms with van der Waals surface area (Å²) in [7, 11) is 0. The van der Waals surface area contributed by atoms with Gasteiger partial charge in [0.15, 0.2) is 0 Å². The molecular formula is C13H16FN3O3. The highest BCUT2D eigenvalue weighted by molar-refractivity contribution is 5.96. The Morgan fingerprint density at radius 1 is 1.55 bits per heavy atom. The van der Waals surface area contributed by atoms with Gasteiger partial charge in [0.25, 0.3) is 5.69 Å². The molecule has 108 valence electrons. The van der Waals surface area contributed by atoms with Gasteiger partial charge in [-0.3, -0.25) is 14.9 Å². The Morgan fingerprint density at radius 3 is 2.85 bits per heavy atom. The Bertz CT molecular complexity index is 542. The Hall–Kier alpha value is -2.02. The summed E-state index contributed by atoms with van der Waals surface area (Å²) in [6.45, 7) is 3.23. The van der Waals surface area contributed by atoms with E-state index in [-0.39, 0.29) is 17.3 Å². The zero-order valence-corrected chi connectivity index (χ0v) is 11.1. The number of non-ortho nitro benzene ring substituents is 1. The van der Waals surface area contributed by atoms with Crippen molar-refractivity contribution in [2.45, 2.75) is 19.8 Å². The Kier molecular flexibility index (Phi) is 3.99. The highest BCUT2D eigenvalue weighted by Crippen LogP contribution is 2.31. The van der Waals surface area contributed by atoms with E-state index in [9.17, 15) is 19.3 Å². The molecule has 0 spiro atoms. The molecule has 0 radical (unpaired) electrons. The molecule has 1 amide bonds. The lowest BCUT2D eigenvalue weighted by atomic mass is 9.83. The highest BCUT2D eigenvalue weighted by atomic mass is 19.1. The van der Waals surface area contributed by atoms with Crippen molar-refractivity contribution < 1.29 is 14.1 Å². The van der Waals surface area contributed by atoms with Gasteiger partial charge < -0.3 is 10.6 Å². The number of carbonyl (C=O) groups is 1. The largest absolute Gasteiger partial charge is 0.325 e. The van der Waals surface area contributed by atoms with E-state index >= 15 is 0 Å². The van der Waals surface area contributed by atoms with Crippen molar-refractivity contribution in [2.24, 2.45) is 5.41 Å². The number of benzene rings is 1. The third kappa shape index (κ3) is 2.77. The first-order chi connectivity index (χ1) is 9.47. The van der Waals surface area contributed by atoms with Gasteiger partial charge in [-0.25, -0.2) is 4.39 Å². The number of halogens is 1. The molecule has 1 aromatic carbocycles. The van der Waals surface area contributed by atoms with E-state index in [1.165, 1.54) is 0 Å². The van der Waals surface area contributed by atoms with Crippen LogP contribution >= 0.6 is 0 Å². The molecule has 1 fully saturated rings.